The summed E-state index contributed by atoms with van der Waals surface area (Å²) in [6, 6.07) is 5.43. The Morgan fingerprint density at radius 1 is 1.31 bits per heavy atom. The molecule has 0 bridgehead atoms. The lowest BCUT2D eigenvalue weighted by Gasteiger charge is -2.14. The van der Waals surface area contributed by atoms with Crippen LogP contribution in [0.5, 0.6) is 0 Å². The Bertz CT molecular complexity index is 454. The second kappa shape index (κ2) is 4.06. The van der Waals surface area contributed by atoms with Crippen molar-refractivity contribution in [3.05, 3.63) is 29.3 Å². The molecule has 1 heterocycles. The second-order valence-corrected chi connectivity index (χ2v) is 3.71. The molecule has 84 valence electrons. The van der Waals surface area contributed by atoms with Crippen molar-refractivity contribution in [1.82, 2.24) is 0 Å². The van der Waals surface area contributed by atoms with Crippen LogP contribution in [0.25, 0.3) is 0 Å². The molecule has 1 N–H and O–H groups in total. The van der Waals surface area contributed by atoms with Gasteiger partial charge in [0.05, 0.1) is 17.9 Å². The van der Waals surface area contributed by atoms with E-state index < -0.39 is 11.7 Å². The van der Waals surface area contributed by atoms with E-state index in [0.717, 1.165) is 12.0 Å². The fourth-order valence-corrected chi connectivity index (χ4v) is 1.89. The lowest BCUT2D eigenvalue weighted by atomic mass is 10.1. The number of aliphatic hydroxyl groups is 1. The van der Waals surface area contributed by atoms with Crippen LogP contribution in [0.2, 0.25) is 0 Å². The van der Waals surface area contributed by atoms with Crippen molar-refractivity contribution in [1.29, 1.82) is 0 Å². The molecule has 16 heavy (non-hydrogen) atoms. The van der Waals surface area contributed by atoms with Crippen LogP contribution in [0.3, 0.4) is 0 Å². The van der Waals surface area contributed by atoms with Crippen LogP contribution >= 0.6 is 0 Å². The average molecular weight is 219 g/mol. The van der Waals surface area contributed by atoms with Gasteiger partial charge >= 0.3 is 0 Å². The van der Waals surface area contributed by atoms with E-state index in [-0.39, 0.29) is 13.2 Å². The van der Waals surface area contributed by atoms with Crippen LogP contribution in [0.15, 0.2) is 18.2 Å². The first kappa shape index (κ1) is 10.8. The van der Waals surface area contributed by atoms with Gasteiger partial charge in [-0.1, -0.05) is 13.0 Å². The molecule has 0 radical (unpaired) electrons. The molecule has 4 heteroatoms. The maximum Gasteiger partial charge on any atom is 0.299 e. The minimum Gasteiger partial charge on any atom is -0.395 e. The van der Waals surface area contributed by atoms with E-state index in [2.05, 4.69) is 0 Å². The number of β-amino-alcohol motifs (C(OH)–C–C–N with tert-alkyl or cyclic N) is 1. The van der Waals surface area contributed by atoms with Crippen molar-refractivity contribution in [3.63, 3.8) is 0 Å². The number of amides is 1. The number of rotatable bonds is 3. The summed E-state index contributed by atoms with van der Waals surface area (Å²) in [5.74, 6) is -1.02. The molecule has 0 fully saturated rings. The summed E-state index contributed by atoms with van der Waals surface area (Å²) < 4.78 is 0. The molecule has 0 aromatic heterocycles. The van der Waals surface area contributed by atoms with Crippen LogP contribution in [-0.2, 0) is 11.2 Å². The Hall–Kier alpha value is -1.68. The number of ketones is 1. The predicted octanol–water partition coefficient (Wildman–Crippen LogP) is 0.771. The van der Waals surface area contributed by atoms with Gasteiger partial charge in [-0.3, -0.25) is 9.59 Å². The number of aliphatic hydroxyl groups excluding tert-OH is 1. The van der Waals surface area contributed by atoms with Gasteiger partial charge in [-0.2, -0.15) is 0 Å². The Labute approximate surface area is 93.5 Å². The molecule has 1 aromatic rings. The smallest absolute Gasteiger partial charge is 0.299 e. The Morgan fingerprint density at radius 3 is 2.69 bits per heavy atom. The molecule has 1 aliphatic rings. The Morgan fingerprint density at radius 2 is 2.06 bits per heavy atom. The number of Topliss-reactive ketones (excluding diaryl/α,β-unsaturated/α-hetero) is 1. The molecular weight excluding hydrogens is 206 g/mol. The van der Waals surface area contributed by atoms with Gasteiger partial charge in [0.25, 0.3) is 11.7 Å². The molecule has 0 atom stereocenters. The number of benzene rings is 1. The van der Waals surface area contributed by atoms with Crippen molar-refractivity contribution in [2.75, 3.05) is 18.1 Å². The molecule has 0 unspecified atom stereocenters. The van der Waals surface area contributed by atoms with E-state index in [9.17, 15) is 9.59 Å². The minimum absolute atomic E-state index is 0.145. The molecule has 1 amide bonds. The second-order valence-electron chi connectivity index (χ2n) is 3.71. The van der Waals surface area contributed by atoms with E-state index in [1.807, 2.05) is 13.0 Å². The van der Waals surface area contributed by atoms with Crippen molar-refractivity contribution in [2.45, 2.75) is 13.3 Å². The zero-order valence-electron chi connectivity index (χ0n) is 9.06. The van der Waals surface area contributed by atoms with Gasteiger partial charge in [-0.25, -0.2) is 0 Å². The van der Waals surface area contributed by atoms with Gasteiger partial charge < -0.3 is 10.0 Å². The Balaban J connectivity index is 2.47. The lowest BCUT2D eigenvalue weighted by molar-refractivity contribution is -0.114. The van der Waals surface area contributed by atoms with Crippen LogP contribution in [0.1, 0.15) is 22.8 Å². The van der Waals surface area contributed by atoms with Crippen LogP contribution < -0.4 is 4.90 Å². The number of aryl methyl sites for hydroxylation is 1. The molecule has 0 saturated carbocycles. The highest BCUT2D eigenvalue weighted by molar-refractivity contribution is 6.52. The zero-order chi connectivity index (χ0) is 11.7. The number of nitrogens with zero attached hydrogens (tertiary/aromatic N) is 1. The fourth-order valence-electron chi connectivity index (χ4n) is 1.89. The van der Waals surface area contributed by atoms with Crippen molar-refractivity contribution in [3.8, 4) is 0 Å². The van der Waals surface area contributed by atoms with Crippen LogP contribution in [-0.4, -0.2) is 29.9 Å². The normalized spacial score (nSPS) is 14.5. The first-order valence-corrected chi connectivity index (χ1v) is 5.29. The number of fused-ring (bicyclic) bond motifs is 1. The Kier molecular flexibility index (Phi) is 2.75. The SMILES string of the molecule is CCc1ccc2c(c1)C(=O)C(=O)N2CCO. The quantitative estimate of drug-likeness (QED) is 0.764. The first-order valence-electron chi connectivity index (χ1n) is 5.29. The minimum atomic E-state index is -0.544. The molecule has 0 saturated heterocycles. The van der Waals surface area contributed by atoms with E-state index in [1.165, 1.54) is 4.90 Å². The molecular formula is C12H13NO3. The van der Waals surface area contributed by atoms with Gasteiger partial charge in [0.1, 0.15) is 0 Å². The number of carbonyl (C=O) groups is 2. The van der Waals surface area contributed by atoms with E-state index in [4.69, 9.17) is 5.11 Å². The first-order chi connectivity index (χ1) is 7.69. The fraction of sp³-hybridized carbons (Fsp3) is 0.333. The number of hydrogen-bond donors (Lipinski definition) is 1. The molecule has 0 spiro atoms. The lowest BCUT2D eigenvalue weighted by Crippen LogP contribution is -2.32. The standard InChI is InChI=1S/C12H13NO3/c1-2-8-3-4-10-9(7-8)11(15)12(16)13(10)5-6-14/h3-4,7,14H,2,5-6H2,1H3. The van der Waals surface area contributed by atoms with Crippen molar-refractivity contribution in [2.24, 2.45) is 0 Å². The summed E-state index contributed by atoms with van der Waals surface area (Å²) in [5, 5.41) is 8.85. The summed E-state index contributed by atoms with van der Waals surface area (Å²) >= 11 is 0. The molecule has 0 aliphatic carbocycles. The number of anilines is 1. The van der Waals surface area contributed by atoms with E-state index in [1.54, 1.807) is 12.1 Å². The van der Waals surface area contributed by atoms with Crippen LogP contribution in [0.4, 0.5) is 5.69 Å². The average Bonchev–Trinajstić information content (AvgIpc) is 2.54. The number of hydrogen-bond acceptors (Lipinski definition) is 3. The molecule has 4 nitrogen and oxygen atoms in total. The molecule has 1 aliphatic heterocycles. The van der Waals surface area contributed by atoms with Crippen LogP contribution in [0, 0.1) is 0 Å². The third-order valence-electron chi connectivity index (χ3n) is 2.77. The van der Waals surface area contributed by atoms with Gasteiger partial charge in [-0.15, -0.1) is 0 Å². The van der Waals surface area contributed by atoms with Gasteiger partial charge in [0.15, 0.2) is 0 Å². The summed E-state index contributed by atoms with van der Waals surface area (Å²) in [7, 11) is 0. The van der Waals surface area contributed by atoms with E-state index in [0.29, 0.717) is 11.3 Å². The topological polar surface area (TPSA) is 57.6 Å². The largest absolute Gasteiger partial charge is 0.395 e. The van der Waals surface area contributed by atoms with Crippen molar-refractivity contribution < 1.29 is 14.7 Å². The third-order valence-corrected chi connectivity index (χ3v) is 2.77. The maximum atomic E-state index is 11.7. The van der Waals surface area contributed by atoms with Gasteiger partial charge in [0.2, 0.25) is 0 Å². The highest BCUT2D eigenvalue weighted by Gasteiger charge is 2.35. The zero-order valence-corrected chi connectivity index (χ0v) is 9.06. The number of carbonyl (C=O) groups excluding carboxylic acids is 2. The van der Waals surface area contributed by atoms with Crippen molar-refractivity contribution >= 4 is 17.4 Å². The highest BCUT2D eigenvalue weighted by Crippen LogP contribution is 2.29. The monoisotopic (exact) mass is 219 g/mol. The van der Waals surface area contributed by atoms with Gasteiger partial charge in [0, 0.05) is 6.54 Å². The third kappa shape index (κ3) is 1.51. The predicted molar refractivity (Wildman–Crippen MR) is 59.6 cm³/mol. The highest BCUT2D eigenvalue weighted by atomic mass is 16.3. The molecule has 2 rings (SSSR count). The molecule has 1 aromatic carbocycles. The summed E-state index contributed by atoms with van der Waals surface area (Å²) in [6.07, 6.45) is 0.828. The summed E-state index contributed by atoms with van der Waals surface area (Å²) in [5.41, 5.74) is 2.10. The maximum absolute atomic E-state index is 11.7. The summed E-state index contributed by atoms with van der Waals surface area (Å²) in [4.78, 5) is 24.6. The summed E-state index contributed by atoms with van der Waals surface area (Å²) in [6.45, 7) is 2.02. The van der Waals surface area contributed by atoms with E-state index >= 15 is 0 Å². The van der Waals surface area contributed by atoms with Gasteiger partial charge in [-0.05, 0) is 24.1 Å².